The highest BCUT2D eigenvalue weighted by molar-refractivity contribution is 5.88. The van der Waals surface area contributed by atoms with E-state index in [4.69, 9.17) is 4.74 Å². The number of aromatic amines is 1. The van der Waals surface area contributed by atoms with Crippen molar-refractivity contribution >= 4 is 16.8 Å². The summed E-state index contributed by atoms with van der Waals surface area (Å²) in [5, 5.41) is 1.14. The lowest BCUT2D eigenvalue weighted by atomic mass is 9.82. The highest BCUT2D eigenvalue weighted by atomic mass is 16.5. The van der Waals surface area contributed by atoms with E-state index in [1.807, 2.05) is 36.3 Å². The number of benzene rings is 1. The molecule has 1 fully saturated rings. The van der Waals surface area contributed by atoms with Crippen LogP contribution in [0.4, 0.5) is 0 Å². The number of H-pyrrole nitrogens is 1. The van der Waals surface area contributed by atoms with Crippen LogP contribution in [-0.4, -0.2) is 42.6 Å². The molecule has 0 spiro atoms. The lowest BCUT2D eigenvalue weighted by Crippen LogP contribution is -2.41. The molecule has 4 heteroatoms. The van der Waals surface area contributed by atoms with Crippen LogP contribution < -0.4 is 0 Å². The van der Waals surface area contributed by atoms with E-state index in [9.17, 15) is 4.79 Å². The summed E-state index contributed by atoms with van der Waals surface area (Å²) in [6, 6.07) is 8.11. The zero-order chi connectivity index (χ0) is 15.6. The standard InChI is InChI=1S/C18H24N2O2/c1-18(7-9-22-10-8-18)13-20(2)17(21)11-14-12-19-16-6-4-3-5-15(14)16/h3-6,12,19H,7-11,13H2,1-2H3. The Morgan fingerprint density at radius 2 is 2.05 bits per heavy atom. The van der Waals surface area contributed by atoms with Crippen molar-refractivity contribution in [3.05, 3.63) is 36.0 Å². The average molecular weight is 300 g/mol. The van der Waals surface area contributed by atoms with Gasteiger partial charge in [-0.05, 0) is 29.9 Å². The molecule has 0 saturated carbocycles. The summed E-state index contributed by atoms with van der Waals surface area (Å²) in [6.07, 6.45) is 4.45. The summed E-state index contributed by atoms with van der Waals surface area (Å²) in [4.78, 5) is 17.7. The Hall–Kier alpha value is -1.81. The van der Waals surface area contributed by atoms with Crippen LogP contribution in [0.3, 0.4) is 0 Å². The zero-order valence-electron chi connectivity index (χ0n) is 13.4. The van der Waals surface area contributed by atoms with Gasteiger partial charge in [0.2, 0.25) is 5.91 Å². The van der Waals surface area contributed by atoms with Gasteiger partial charge in [0, 0.05) is 43.9 Å². The number of rotatable bonds is 4. The number of amides is 1. The predicted molar refractivity (Wildman–Crippen MR) is 87.8 cm³/mol. The van der Waals surface area contributed by atoms with Crippen LogP contribution in [-0.2, 0) is 16.0 Å². The first-order valence-electron chi connectivity index (χ1n) is 7.94. The third-order valence-corrected chi connectivity index (χ3v) is 4.76. The highest BCUT2D eigenvalue weighted by Gasteiger charge is 2.30. The minimum Gasteiger partial charge on any atom is -0.381 e. The molecule has 1 N–H and O–H groups in total. The van der Waals surface area contributed by atoms with Gasteiger partial charge >= 0.3 is 0 Å². The van der Waals surface area contributed by atoms with Gasteiger partial charge in [0.05, 0.1) is 6.42 Å². The number of carbonyl (C=O) groups excluding carboxylic acids is 1. The van der Waals surface area contributed by atoms with E-state index in [0.717, 1.165) is 49.1 Å². The van der Waals surface area contributed by atoms with Gasteiger partial charge in [0.25, 0.3) is 0 Å². The first kappa shape index (κ1) is 15.1. The Labute approximate surface area is 131 Å². The number of ether oxygens (including phenoxy) is 1. The van der Waals surface area contributed by atoms with E-state index >= 15 is 0 Å². The summed E-state index contributed by atoms with van der Waals surface area (Å²) in [5.41, 5.74) is 2.34. The monoisotopic (exact) mass is 300 g/mol. The second-order valence-corrected chi connectivity index (χ2v) is 6.71. The van der Waals surface area contributed by atoms with Gasteiger partial charge in [-0.3, -0.25) is 4.79 Å². The fourth-order valence-electron chi connectivity index (χ4n) is 3.26. The second-order valence-electron chi connectivity index (χ2n) is 6.71. The van der Waals surface area contributed by atoms with Gasteiger partial charge in [-0.15, -0.1) is 0 Å². The Morgan fingerprint density at radius 3 is 2.82 bits per heavy atom. The smallest absolute Gasteiger partial charge is 0.226 e. The number of fused-ring (bicyclic) bond motifs is 1. The SMILES string of the molecule is CN(CC1(C)CCOCC1)C(=O)Cc1c[nH]c2ccccc12. The molecule has 0 radical (unpaired) electrons. The molecule has 0 bridgehead atoms. The second kappa shape index (κ2) is 6.13. The van der Waals surface area contributed by atoms with Crippen molar-refractivity contribution < 1.29 is 9.53 Å². The number of nitrogens with one attached hydrogen (secondary N) is 1. The van der Waals surface area contributed by atoms with Crippen LogP contribution >= 0.6 is 0 Å². The summed E-state index contributed by atoms with van der Waals surface area (Å²) in [5.74, 6) is 0.178. The van der Waals surface area contributed by atoms with Crippen LogP contribution in [0.1, 0.15) is 25.3 Å². The fourth-order valence-corrected chi connectivity index (χ4v) is 3.26. The molecule has 1 amide bonds. The van der Waals surface area contributed by atoms with E-state index in [1.165, 1.54) is 0 Å². The van der Waals surface area contributed by atoms with Gasteiger partial charge < -0.3 is 14.6 Å². The van der Waals surface area contributed by atoms with Crippen molar-refractivity contribution in [2.24, 2.45) is 5.41 Å². The maximum atomic E-state index is 12.6. The third kappa shape index (κ3) is 3.17. The zero-order valence-corrected chi connectivity index (χ0v) is 13.4. The molecule has 2 aromatic rings. The molecule has 0 aliphatic carbocycles. The minimum atomic E-state index is 0.178. The summed E-state index contributed by atoms with van der Waals surface area (Å²) in [7, 11) is 1.91. The van der Waals surface area contributed by atoms with E-state index < -0.39 is 0 Å². The van der Waals surface area contributed by atoms with Crippen LogP contribution in [0, 0.1) is 5.41 Å². The first-order chi connectivity index (χ1) is 10.6. The molecular weight excluding hydrogens is 276 g/mol. The molecule has 1 aliphatic rings. The van der Waals surface area contributed by atoms with Crippen LogP contribution in [0.5, 0.6) is 0 Å². The molecule has 0 atom stereocenters. The summed E-state index contributed by atoms with van der Waals surface area (Å²) < 4.78 is 5.43. The minimum absolute atomic E-state index is 0.178. The Kier molecular flexibility index (Phi) is 4.21. The van der Waals surface area contributed by atoms with E-state index in [2.05, 4.69) is 18.0 Å². The lowest BCUT2D eigenvalue weighted by molar-refractivity contribution is -0.131. The van der Waals surface area contributed by atoms with Crippen LogP contribution in [0.15, 0.2) is 30.5 Å². The van der Waals surface area contributed by atoms with Crippen LogP contribution in [0.2, 0.25) is 0 Å². The number of hydrogen-bond acceptors (Lipinski definition) is 2. The quantitative estimate of drug-likeness (QED) is 0.943. The maximum absolute atomic E-state index is 12.6. The van der Waals surface area contributed by atoms with Gasteiger partial charge in [0.15, 0.2) is 0 Å². The molecule has 118 valence electrons. The number of hydrogen-bond donors (Lipinski definition) is 1. The molecule has 1 aromatic carbocycles. The molecule has 4 nitrogen and oxygen atoms in total. The summed E-state index contributed by atoms with van der Waals surface area (Å²) >= 11 is 0. The molecule has 2 heterocycles. The number of carbonyl (C=O) groups is 1. The van der Waals surface area contributed by atoms with Crippen molar-refractivity contribution in [1.29, 1.82) is 0 Å². The first-order valence-corrected chi connectivity index (χ1v) is 7.94. The normalized spacial score (nSPS) is 17.5. The van der Waals surface area contributed by atoms with Gasteiger partial charge in [0.1, 0.15) is 0 Å². The summed E-state index contributed by atoms with van der Waals surface area (Å²) in [6.45, 7) is 4.67. The molecule has 22 heavy (non-hydrogen) atoms. The van der Waals surface area contributed by atoms with E-state index in [-0.39, 0.29) is 11.3 Å². The maximum Gasteiger partial charge on any atom is 0.226 e. The molecule has 1 aromatic heterocycles. The molecular formula is C18H24N2O2. The fraction of sp³-hybridized carbons (Fsp3) is 0.500. The molecule has 1 saturated heterocycles. The number of aromatic nitrogens is 1. The lowest BCUT2D eigenvalue weighted by Gasteiger charge is -2.36. The van der Waals surface area contributed by atoms with Crippen LogP contribution in [0.25, 0.3) is 10.9 Å². The van der Waals surface area contributed by atoms with Crippen molar-refractivity contribution in [3.63, 3.8) is 0 Å². The van der Waals surface area contributed by atoms with E-state index in [1.54, 1.807) is 0 Å². The topological polar surface area (TPSA) is 45.3 Å². The number of nitrogens with zero attached hydrogens (tertiary/aromatic N) is 1. The molecule has 1 aliphatic heterocycles. The van der Waals surface area contributed by atoms with Gasteiger partial charge in [-0.2, -0.15) is 0 Å². The number of para-hydroxylation sites is 1. The average Bonchev–Trinajstić information content (AvgIpc) is 2.91. The number of likely N-dealkylation sites (N-methyl/N-ethyl adjacent to an activating group) is 1. The van der Waals surface area contributed by atoms with Crippen molar-refractivity contribution in [2.45, 2.75) is 26.2 Å². The Balaban J connectivity index is 1.66. The van der Waals surface area contributed by atoms with Gasteiger partial charge in [-0.1, -0.05) is 25.1 Å². The Morgan fingerprint density at radius 1 is 1.32 bits per heavy atom. The van der Waals surface area contributed by atoms with E-state index in [0.29, 0.717) is 6.42 Å². The molecule has 3 rings (SSSR count). The largest absolute Gasteiger partial charge is 0.381 e. The predicted octanol–water partition coefficient (Wildman–Crippen LogP) is 2.99. The van der Waals surface area contributed by atoms with Crippen molar-refractivity contribution in [3.8, 4) is 0 Å². The third-order valence-electron chi connectivity index (χ3n) is 4.76. The highest BCUT2D eigenvalue weighted by Crippen LogP contribution is 2.30. The van der Waals surface area contributed by atoms with Gasteiger partial charge in [-0.25, -0.2) is 0 Å². The Bertz CT molecular complexity index is 656. The van der Waals surface area contributed by atoms with Crippen molar-refractivity contribution in [1.82, 2.24) is 9.88 Å². The van der Waals surface area contributed by atoms with Crippen molar-refractivity contribution in [2.75, 3.05) is 26.8 Å². The molecule has 0 unspecified atom stereocenters.